The van der Waals surface area contributed by atoms with Crippen LogP contribution in [0.2, 0.25) is 0 Å². The van der Waals surface area contributed by atoms with Crippen LogP contribution in [0.4, 0.5) is 4.39 Å². The van der Waals surface area contributed by atoms with Crippen LogP contribution < -0.4 is 9.47 Å². The summed E-state index contributed by atoms with van der Waals surface area (Å²) in [6.07, 6.45) is 0. The van der Waals surface area contributed by atoms with Gasteiger partial charge in [-0.1, -0.05) is 0 Å². The van der Waals surface area contributed by atoms with E-state index in [9.17, 15) is 4.39 Å². The fourth-order valence-corrected chi connectivity index (χ4v) is 2.64. The van der Waals surface area contributed by atoms with Crippen LogP contribution >= 0.6 is 31.9 Å². The summed E-state index contributed by atoms with van der Waals surface area (Å²) in [5.74, 6) is 0.830. The molecule has 2 aromatic rings. The van der Waals surface area contributed by atoms with Gasteiger partial charge in [0.2, 0.25) is 0 Å². The second kappa shape index (κ2) is 6.92. The maximum absolute atomic E-state index is 13.3. The second-order valence-electron chi connectivity index (χ2n) is 4.12. The summed E-state index contributed by atoms with van der Waals surface area (Å²) >= 11 is 6.75. The Balaban J connectivity index is 2.23. The first-order valence-corrected chi connectivity index (χ1v) is 7.48. The highest BCUT2D eigenvalue weighted by atomic mass is 79.9. The van der Waals surface area contributed by atoms with Gasteiger partial charge in [-0.05, 0) is 62.2 Å². The quantitative estimate of drug-likeness (QED) is 0.720. The van der Waals surface area contributed by atoms with E-state index in [4.69, 9.17) is 14.7 Å². The SMILES string of the molecule is COc1cc(Br)c(OCc2cc(F)ccc2C#N)cc1Br. The van der Waals surface area contributed by atoms with Crippen LogP contribution in [0, 0.1) is 17.1 Å². The molecule has 0 fully saturated rings. The minimum absolute atomic E-state index is 0.0953. The molecule has 0 aliphatic carbocycles. The van der Waals surface area contributed by atoms with E-state index >= 15 is 0 Å². The normalized spacial score (nSPS) is 10.0. The van der Waals surface area contributed by atoms with Gasteiger partial charge >= 0.3 is 0 Å². The van der Waals surface area contributed by atoms with Crippen molar-refractivity contribution in [2.45, 2.75) is 6.61 Å². The lowest BCUT2D eigenvalue weighted by Gasteiger charge is -2.12. The van der Waals surface area contributed by atoms with E-state index in [2.05, 4.69) is 31.9 Å². The predicted octanol–water partition coefficient (Wildman–Crippen LogP) is 4.81. The first-order chi connectivity index (χ1) is 10.0. The minimum atomic E-state index is -0.400. The van der Waals surface area contributed by atoms with Gasteiger partial charge in [0.05, 0.1) is 27.7 Å². The Bertz CT molecular complexity index is 714. The molecular formula is C15H10Br2FNO2. The molecule has 0 atom stereocenters. The third-order valence-electron chi connectivity index (χ3n) is 2.78. The van der Waals surface area contributed by atoms with E-state index < -0.39 is 5.82 Å². The Morgan fingerprint density at radius 2 is 1.81 bits per heavy atom. The molecule has 2 aromatic carbocycles. The summed E-state index contributed by atoms with van der Waals surface area (Å²) in [7, 11) is 1.57. The lowest BCUT2D eigenvalue weighted by atomic mass is 10.1. The summed E-state index contributed by atoms with van der Waals surface area (Å²) in [5.41, 5.74) is 0.886. The molecule has 0 saturated carbocycles. The van der Waals surface area contributed by atoms with E-state index in [0.717, 1.165) is 4.47 Å². The van der Waals surface area contributed by atoms with Crippen molar-refractivity contribution >= 4 is 31.9 Å². The van der Waals surface area contributed by atoms with Crippen molar-refractivity contribution in [3.63, 3.8) is 0 Å². The Morgan fingerprint density at radius 1 is 1.14 bits per heavy atom. The van der Waals surface area contributed by atoms with Crippen LogP contribution in [0.15, 0.2) is 39.3 Å². The maximum atomic E-state index is 13.3. The van der Waals surface area contributed by atoms with E-state index in [1.807, 2.05) is 6.07 Å². The molecule has 0 aliphatic heterocycles. The molecule has 21 heavy (non-hydrogen) atoms. The molecule has 6 heteroatoms. The van der Waals surface area contributed by atoms with Gasteiger partial charge in [0.1, 0.15) is 23.9 Å². The molecule has 0 heterocycles. The van der Waals surface area contributed by atoms with E-state index in [1.165, 1.54) is 18.2 Å². The number of halogens is 3. The van der Waals surface area contributed by atoms with Gasteiger partial charge in [0.15, 0.2) is 0 Å². The van der Waals surface area contributed by atoms with Crippen LogP contribution in [-0.2, 0) is 6.61 Å². The average Bonchev–Trinajstić information content (AvgIpc) is 2.47. The number of hydrogen-bond acceptors (Lipinski definition) is 3. The standard InChI is InChI=1S/C15H10Br2FNO2/c1-20-14-5-13(17)15(6-12(14)16)21-8-10-4-11(18)3-2-9(10)7-19/h2-6H,8H2,1H3. The van der Waals surface area contributed by atoms with Gasteiger partial charge in [-0.25, -0.2) is 4.39 Å². The summed E-state index contributed by atoms with van der Waals surface area (Å²) < 4.78 is 25.5. The van der Waals surface area contributed by atoms with Crippen LogP contribution in [-0.4, -0.2) is 7.11 Å². The summed E-state index contributed by atoms with van der Waals surface area (Å²) in [5, 5.41) is 9.01. The van der Waals surface area contributed by atoms with Crippen molar-refractivity contribution in [2.24, 2.45) is 0 Å². The zero-order chi connectivity index (χ0) is 15.4. The predicted molar refractivity (Wildman–Crippen MR) is 83.8 cm³/mol. The Labute approximate surface area is 138 Å². The first kappa shape index (κ1) is 15.8. The average molecular weight is 415 g/mol. The number of methoxy groups -OCH3 is 1. The van der Waals surface area contributed by atoms with E-state index in [-0.39, 0.29) is 6.61 Å². The molecule has 2 rings (SSSR count). The summed E-state index contributed by atoms with van der Waals surface area (Å²) in [4.78, 5) is 0. The number of nitrogens with zero attached hydrogens (tertiary/aromatic N) is 1. The van der Waals surface area contributed by atoms with E-state index in [1.54, 1.807) is 19.2 Å². The van der Waals surface area contributed by atoms with Crippen molar-refractivity contribution < 1.29 is 13.9 Å². The van der Waals surface area contributed by atoms with Crippen LogP contribution in [0.3, 0.4) is 0 Å². The van der Waals surface area contributed by atoms with Gasteiger partial charge < -0.3 is 9.47 Å². The lowest BCUT2D eigenvalue weighted by molar-refractivity contribution is 0.302. The summed E-state index contributed by atoms with van der Waals surface area (Å²) in [6, 6.07) is 9.51. The molecule has 0 bridgehead atoms. The number of benzene rings is 2. The third-order valence-corrected chi connectivity index (χ3v) is 4.02. The highest BCUT2D eigenvalue weighted by molar-refractivity contribution is 9.11. The lowest BCUT2D eigenvalue weighted by Crippen LogP contribution is -2.00. The Kier molecular flexibility index (Phi) is 5.21. The first-order valence-electron chi connectivity index (χ1n) is 5.89. The topological polar surface area (TPSA) is 42.2 Å². The van der Waals surface area contributed by atoms with Crippen LogP contribution in [0.1, 0.15) is 11.1 Å². The monoisotopic (exact) mass is 413 g/mol. The number of rotatable bonds is 4. The minimum Gasteiger partial charge on any atom is -0.496 e. The van der Waals surface area contributed by atoms with Crippen molar-refractivity contribution in [3.8, 4) is 17.6 Å². The molecule has 0 amide bonds. The van der Waals surface area contributed by atoms with Gasteiger partial charge in [-0.3, -0.25) is 0 Å². The van der Waals surface area contributed by atoms with Crippen LogP contribution in [0.25, 0.3) is 0 Å². The molecular weight excluding hydrogens is 405 g/mol. The van der Waals surface area contributed by atoms with Gasteiger partial charge in [0.25, 0.3) is 0 Å². The van der Waals surface area contributed by atoms with Crippen molar-refractivity contribution in [1.82, 2.24) is 0 Å². The Hall–Kier alpha value is -1.58. The zero-order valence-electron chi connectivity index (χ0n) is 11.0. The molecule has 0 radical (unpaired) electrons. The zero-order valence-corrected chi connectivity index (χ0v) is 14.2. The second-order valence-corrected chi connectivity index (χ2v) is 5.83. The van der Waals surface area contributed by atoms with Crippen molar-refractivity contribution in [3.05, 3.63) is 56.2 Å². The molecule has 0 spiro atoms. The highest BCUT2D eigenvalue weighted by Gasteiger charge is 2.10. The third kappa shape index (κ3) is 3.74. The van der Waals surface area contributed by atoms with Crippen LogP contribution in [0.5, 0.6) is 11.5 Å². The number of ether oxygens (including phenoxy) is 2. The summed E-state index contributed by atoms with van der Waals surface area (Å²) in [6.45, 7) is 0.0953. The van der Waals surface area contributed by atoms with Crippen molar-refractivity contribution in [1.29, 1.82) is 5.26 Å². The maximum Gasteiger partial charge on any atom is 0.135 e. The largest absolute Gasteiger partial charge is 0.496 e. The highest BCUT2D eigenvalue weighted by Crippen LogP contribution is 2.36. The van der Waals surface area contributed by atoms with Crippen molar-refractivity contribution in [2.75, 3.05) is 7.11 Å². The smallest absolute Gasteiger partial charge is 0.135 e. The van der Waals surface area contributed by atoms with Gasteiger partial charge in [-0.15, -0.1) is 0 Å². The fourth-order valence-electron chi connectivity index (χ4n) is 1.72. The Morgan fingerprint density at radius 3 is 2.48 bits per heavy atom. The fraction of sp³-hybridized carbons (Fsp3) is 0.133. The molecule has 0 N–H and O–H groups in total. The molecule has 0 unspecified atom stereocenters. The van der Waals surface area contributed by atoms with E-state index in [0.29, 0.717) is 27.1 Å². The van der Waals surface area contributed by atoms with Gasteiger partial charge in [0, 0.05) is 5.56 Å². The molecule has 3 nitrogen and oxygen atoms in total. The molecule has 0 aliphatic rings. The molecule has 0 aromatic heterocycles. The van der Waals surface area contributed by atoms with Gasteiger partial charge in [-0.2, -0.15) is 5.26 Å². The number of hydrogen-bond donors (Lipinski definition) is 0. The number of nitriles is 1. The molecule has 108 valence electrons. The molecule has 0 saturated heterocycles.